The van der Waals surface area contributed by atoms with Crippen molar-refractivity contribution in [3.63, 3.8) is 0 Å². The number of amides is 1. The van der Waals surface area contributed by atoms with Crippen LogP contribution in [-0.2, 0) is 24.2 Å². The van der Waals surface area contributed by atoms with Gasteiger partial charge in [0.2, 0.25) is 0 Å². The van der Waals surface area contributed by atoms with Crippen LogP contribution in [0.3, 0.4) is 0 Å². The molecule has 140 valence electrons. The number of aromatic nitrogens is 2. The Morgan fingerprint density at radius 1 is 1.23 bits per heavy atom. The number of hydrogen-bond donors (Lipinski definition) is 1. The van der Waals surface area contributed by atoms with Crippen LogP contribution in [0.4, 0.5) is 0 Å². The number of hydrogen-bond acceptors (Lipinski definition) is 6. The Hall–Kier alpha value is -1.83. The van der Waals surface area contributed by atoms with Crippen molar-refractivity contribution < 1.29 is 9.53 Å². The topological polar surface area (TPSA) is 67.4 Å². The number of nitrogens with zero attached hydrogens (tertiary/aromatic N) is 3. The van der Waals surface area contributed by atoms with E-state index < -0.39 is 0 Å². The summed E-state index contributed by atoms with van der Waals surface area (Å²) in [5.41, 5.74) is 3.12. The molecule has 1 aliphatic rings. The van der Waals surface area contributed by atoms with Crippen molar-refractivity contribution in [1.82, 2.24) is 19.8 Å². The number of carbonyl (C=O) groups is 1. The Kier molecular flexibility index (Phi) is 6.34. The van der Waals surface area contributed by atoms with Crippen LogP contribution in [0.5, 0.6) is 0 Å². The highest BCUT2D eigenvalue weighted by molar-refractivity contribution is 7.08. The standard InChI is InChI=1S/C19H26N4O2S/c1-4-17-18(26-22-21-17)19(24)20-9-15-5-7-16(8-6-15)12-23-10-13(2)25-14(3)11-23/h5-8,13-14H,4,9-12H2,1-3H3,(H,20,24). The maximum Gasteiger partial charge on any atom is 0.265 e. The van der Waals surface area contributed by atoms with Gasteiger partial charge in [0, 0.05) is 26.2 Å². The van der Waals surface area contributed by atoms with Crippen molar-refractivity contribution in [2.24, 2.45) is 0 Å². The summed E-state index contributed by atoms with van der Waals surface area (Å²) in [6.45, 7) is 9.58. The number of aryl methyl sites for hydroxylation is 1. The van der Waals surface area contributed by atoms with Gasteiger partial charge >= 0.3 is 0 Å². The van der Waals surface area contributed by atoms with Crippen LogP contribution in [0.25, 0.3) is 0 Å². The molecule has 2 atom stereocenters. The largest absolute Gasteiger partial charge is 0.373 e. The van der Waals surface area contributed by atoms with Crippen molar-refractivity contribution in [3.05, 3.63) is 46.0 Å². The lowest BCUT2D eigenvalue weighted by Crippen LogP contribution is -2.44. The molecule has 26 heavy (non-hydrogen) atoms. The second-order valence-electron chi connectivity index (χ2n) is 6.85. The van der Waals surface area contributed by atoms with E-state index >= 15 is 0 Å². The van der Waals surface area contributed by atoms with E-state index in [2.05, 4.69) is 57.9 Å². The highest BCUT2D eigenvalue weighted by atomic mass is 32.1. The highest BCUT2D eigenvalue weighted by Crippen LogP contribution is 2.15. The average Bonchev–Trinajstić information content (AvgIpc) is 3.09. The van der Waals surface area contributed by atoms with E-state index in [1.807, 2.05) is 6.92 Å². The maximum atomic E-state index is 12.3. The molecule has 1 aromatic carbocycles. The molecule has 0 aliphatic carbocycles. The van der Waals surface area contributed by atoms with Crippen LogP contribution < -0.4 is 5.32 Å². The highest BCUT2D eigenvalue weighted by Gasteiger charge is 2.22. The zero-order chi connectivity index (χ0) is 18.5. The molecule has 1 fully saturated rings. The third-order valence-electron chi connectivity index (χ3n) is 4.47. The predicted molar refractivity (Wildman–Crippen MR) is 102 cm³/mol. The normalized spacial score (nSPS) is 20.9. The molecule has 2 heterocycles. The van der Waals surface area contributed by atoms with Crippen LogP contribution in [0, 0.1) is 0 Å². The second kappa shape index (κ2) is 8.70. The summed E-state index contributed by atoms with van der Waals surface area (Å²) < 4.78 is 9.65. The minimum absolute atomic E-state index is 0.0998. The third-order valence-corrected chi connectivity index (χ3v) is 5.24. The van der Waals surface area contributed by atoms with Gasteiger partial charge in [0.05, 0.1) is 17.9 Å². The van der Waals surface area contributed by atoms with E-state index in [9.17, 15) is 4.79 Å². The minimum Gasteiger partial charge on any atom is -0.373 e. The monoisotopic (exact) mass is 374 g/mol. The fourth-order valence-electron chi connectivity index (χ4n) is 3.31. The molecule has 1 saturated heterocycles. The summed E-state index contributed by atoms with van der Waals surface area (Å²) in [5.74, 6) is -0.0998. The van der Waals surface area contributed by atoms with Gasteiger partial charge in [-0.15, -0.1) is 5.10 Å². The first-order valence-corrected chi connectivity index (χ1v) is 9.87. The molecule has 0 bridgehead atoms. The summed E-state index contributed by atoms with van der Waals surface area (Å²) >= 11 is 1.15. The molecule has 7 heteroatoms. The van der Waals surface area contributed by atoms with Crippen LogP contribution in [0.15, 0.2) is 24.3 Å². The first-order chi connectivity index (χ1) is 12.5. The Labute approximate surface area is 158 Å². The van der Waals surface area contributed by atoms with Crippen molar-refractivity contribution in [3.8, 4) is 0 Å². The quantitative estimate of drug-likeness (QED) is 0.842. The summed E-state index contributed by atoms with van der Waals surface area (Å²) in [5, 5.41) is 6.94. The molecule has 0 saturated carbocycles. The number of carbonyl (C=O) groups excluding carboxylic acids is 1. The number of benzene rings is 1. The molecule has 0 radical (unpaired) electrons. The minimum atomic E-state index is -0.0998. The van der Waals surface area contributed by atoms with Crippen LogP contribution in [-0.4, -0.2) is 45.7 Å². The molecule has 1 N–H and O–H groups in total. The fraction of sp³-hybridized carbons (Fsp3) is 0.526. The van der Waals surface area contributed by atoms with Gasteiger partial charge in [-0.3, -0.25) is 9.69 Å². The van der Waals surface area contributed by atoms with Gasteiger partial charge in [0.25, 0.3) is 5.91 Å². The SMILES string of the molecule is CCc1nnsc1C(=O)NCc1ccc(CN2CC(C)OC(C)C2)cc1. The first-order valence-electron chi connectivity index (χ1n) is 9.10. The van der Waals surface area contributed by atoms with Crippen LogP contribution in [0.2, 0.25) is 0 Å². The lowest BCUT2D eigenvalue weighted by molar-refractivity contribution is -0.0704. The van der Waals surface area contributed by atoms with E-state index in [0.717, 1.165) is 42.4 Å². The van der Waals surface area contributed by atoms with E-state index in [-0.39, 0.29) is 18.1 Å². The number of rotatable bonds is 6. The van der Waals surface area contributed by atoms with Crippen molar-refractivity contribution >= 4 is 17.4 Å². The Balaban J connectivity index is 1.52. The summed E-state index contributed by atoms with van der Waals surface area (Å²) in [6, 6.07) is 8.43. The van der Waals surface area contributed by atoms with Crippen LogP contribution in [0.1, 0.15) is 47.3 Å². The van der Waals surface area contributed by atoms with E-state index in [0.29, 0.717) is 17.8 Å². The van der Waals surface area contributed by atoms with Gasteiger partial charge in [0.1, 0.15) is 4.88 Å². The van der Waals surface area contributed by atoms with Gasteiger partial charge < -0.3 is 10.1 Å². The second-order valence-corrected chi connectivity index (χ2v) is 7.61. The number of ether oxygens (including phenoxy) is 1. The lowest BCUT2D eigenvalue weighted by Gasteiger charge is -2.35. The average molecular weight is 375 g/mol. The number of morpholine rings is 1. The fourth-order valence-corrected chi connectivity index (χ4v) is 3.98. The molecule has 6 nitrogen and oxygen atoms in total. The molecule has 1 aromatic heterocycles. The lowest BCUT2D eigenvalue weighted by atomic mass is 10.1. The molecular weight excluding hydrogens is 348 g/mol. The van der Waals surface area contributed by atoms with Gasteiger partial charge in [-0.05, 0) is 42.9 Å². The van der Waals surface area contributed by atoms with Crippen molar-refractivity contribution in [2.75, 3.05) is 13.1 Å². The van der Waals surface area contributed by atoms with Gasteiger partial charge in [-0.2, -0.15) is 0 Å². The third kappa shape index (κ3) is 4.87. The number of nitrogens with one attached hydrogen (secondary N) is 1. The Morgan fingerprint density at radius 2 is 1.88 bits per heavy atom. The zero-order valence-electron chi connectivity index (χ0n) is 15.6. The summed E-state index contributed by atoms with van der Waals surface area (Å²) in [7, 11) is 0. The molecule has 2 unspecified atom stereocenters. The molecule has 0 spiro atoms. The first kappa shape index (κ1) is 18.9. The van der Waals surface area contributed by atoms with E-state index in [1.165, 1.54) is 5.56 Å². The van der Waals surface area contributed by atoms with E-state index in [4.69, 9.17) is 4.74 Å². The smallest absolute Gasteiger partial charge is 0.265 e. The Morgan fingerprint density at radius 3 is 2.54 bits per heavy atom. The maximum absolute atomic E-state index is 12.3. The van der Waals surface area contributed by atoms with Gasteiger partial charge in [0.15, 0.2) is 0 Å². The Bertz CT molecular complexity index is 721. The summed E-state index contributed by atoms with van der Waals surface area (Å²) in [4.78, 5) is 15.3. The van der Waals surface area contributed by atoms with Gasteiger partial charge in [-0.25, -0.2) is 0 Å². The van der Waals surface area contributed by atoms with Gasteiger partial charge in [-0.1, -0.05) is 35.7 Å². The zero-order valence-corrected chi connectivity index (χ0v) is 16.4. The molecule has 1 amide bonds. The van der Waals surface area contributed by atoms with Crippen LogP contribution >= 0.6 is 11.5 Å². The van der Waals surface area contributed by atoms with Crippen molar-refractivity contribution in [2.45, 2.75) is 52.5 Å². The molecule has 2 aromatic rings. The molecule has 1 aliphatic heterocycles. The summed E-state index contributed by atoms with van der Waals surface area (Å²) in [6.07, 6.45) is 1.28. The molecular formula is C19H26N4O2S. The molecule has 3 rings (SSSR count). The predicted octanol–water partition coefficient (Wildman–Crippen LogP) is 2.64. The van der Waals surface area contributed by atoms with E-state index in [1.54, 1.807) is 0 Å². The van der Waals surface area contributed by atoms with Crippen molar-refractivity contribution in [1.29, 1.82) is 0 Å².